The van der Waals surface area contributed by atoms with Crippen molar-refractivity contribution in [3.8, 4) is 0 Å². The van der Waals surface area contributed by atoms with Gasteiger partial charge in [0.15, 0.2) is 0 Å². The highest BCUT2D eigenvalue weighted by Crippen LogP contribution is 2.36. The van der Waals surface area contributed by atoms with Crippen LogP contribution >= 0.6 is 0 Å². The van der Waals surface area contributed by atoms with Crippen molar-refractivity contribution in [1.29, 1.82) is 0 Å². The zero-order valence-electron chi connectivity index (χ0n) is 9.93. The number of unbranched alkanes of at least 4 members (excludes halogenated alkanes) is 1. The summed E-state index contributed by atoms with van der Waals surface area (Å²) in [5.41, 5.74) is 4.31. The van der Waals surface area contributed by atoms with Gasteiger partial charge in [0.1, 0.15) is 5.82 Å². The van der Waals surface area contributed by atoms with E-state index >= 15 is 0 Å². The molecule has 0 atom stereocenters. The molecule has 0 fully saturated rings. The van der Waals surface area contributed by atoms with E-state index in [-0.39, 0.29) is 5.82 Å². The van der Waals surface area contributed by atoms with Crippen LogP contribution in [0.25, 0.3) is 5.57 Å². The first-order chi connectivity index (χ1) is 7.81. The standard InChI is InChI=1S/C15H19F/c1-2-3-5-12-6-4-7-15(12)13-8-10-14(16)11-9-13/h8-11H,2-7H2,1H3. The van der Waals surface area contributed by atoms with Crippen LogP contribution in [0.2, 0.25) is 0 Å². The number of rotatable bonds is 4. The monoisotopic (exact) mass is 218 g/mol. The molecule has 0 unspecified atom stereocenters. The fourth-order valence-corrected chi connectivity index (χ4v) is 2.47. The van der Waals surface area contributed by atoms with E-state index in [1.807, 2.05) is 12.1 Å². The minimum absolute atomic E-state index is 0.141. The smallest absolute Gasteiger partial charge is 0.123 e. The molecule has 1 aromatic rings. The molecule has 0 radical (unpaired) electrons. The van der Waals surface area contributed by atoms with Crippen molar-refractivity contribution in [3.63, 3.8) is 0 Å². The van der Waals surface area contributed by atoms with Gasteiger partial charge in [-0.2, -0.15) is 0 Å². The number of benzene rings is 1. The van der Waals surface area contributed by atoms with Crippen molar-refractivity contribution in [3.05, 3.63) is 41.2 Å². The molecular weight excluding hydrogens is 199 g/mol. The summed E-state index contributed by atoms with van der Waals surface area (Å²) in [6.07, 6.45) is 7.44. The van der Waals surface area contributed by atoms with Gasteiger partial charge >= 0.3 is 0 Å². The summed E-state index contributed by atoms with van der Waals surface area (Å²) < 4.78 is 12.9. The average Bonchev–Trinajstić information content (AvgIpc) is 2.75. The Morgan fingerprint density at radius 2 is 1.88 bits per heavy atom. The van der Waals surface area contributed by atoms with E-state index in [1.165, 1.54) is 49.7 Å². The van der Waals surface area contributed by atoms with Crippen LogP contribution in [0.15, 0.2) is 29.8 Å². The summed E-state index contributed by atoms with van der Waals surface area (Å²) in [7, 11) is 0. The molecule has 0 saturated carbocycles. The molecule has 1 aliphatic rings. The van der Waals surface area contributed by atoms with Gasteiger partial charge in [-0.3, -0.25) is 0 Å². The third-order valence-electron chi connectivity index (χ3n) is 3.36. The maximum Gasteiger partial charge on any atom is 0.123 e. The quantitative estimate of drug-likeness (QED) is 0.670. The minimum Gasteiger partial charge on any atom is -0.207 e. The van der Waals surface area contributed by atoms with Crippen LogP contribution in [0.3, 0.4) is 0 Å². The summed E-state index contributed by atoms with van der Waals surface area (Å²) in [4.78, 5) is 0. The second kappa shape index (κ2) is 5.29. The summed E-state index contributed by atoms with van der Waals surface area (Å²) in [5.74, 6) is -0.141. The normalized spacial score (nSPS) is 15.9. The predicted octanol–water partition coefficient (Wildman–Crippen LogP) is 4.95. The van der Waals surface area contributed by atoms with E-state index in [4.69, 9.17) is 0 Å². The van der Waals surface area contributed by atoms with Crippen molar-refractivity contribution >= 4 is 5.57 Å². The molecular formula is C15H19F. The number of allylic oxidation sites excluding steroid dienone is 2. The fourth-order valence-electron chi connectivity index (χ4n) is 2.47. The maximum atomic E-state index is 12.9. The molecule has 0 saturated heterocycles. The Bertz CT molecular complexity index is 373. The summed E-state index contributed by atoms with van der Waals surface area (Å²) in [5, 5.41) is 0. The molecule has 16 heavy (non-hydrogen) atoms. The Kier molecular flexibility index (Phi) is 3.76. The molecule has 1 heteroatoms. The summed E-state index contributed by atoms with van der Waals surface area (Å²) >= 11 is 0. The van der Waals surface area contributed by atoms with Crippen molar-refractivity contribution in [1.82, 2.24) is 0 Å². The average molecular weight is 218 g/mol. The highest BCUT2D eigenvalue weighted by Gasteiger charge is 2.15. The van der Waals surface area contributed by atoms with Gasteiger partial charge in [0, 0.05) is 0 Å². The highest BCUT2D eigenvalue weighted by molar-refractivity contribution is 5.70. The molecule has 0 N–H and O–H groups in total. The fraction of sp³-hybridized carbons (Fsp3) is 0.467. The molecule has 0 aliphatic heterocycles. The van der Waals surface area contributed by atoms with Gasteiger partial charge in [-0.25, -0.2) is 4.39 Å². The molecule has 0 nitrogen and oxygen atoms in total. The summed E-state index contributed by atoms with van der Waals surface area (Å²) in [6, 6.07) is 6.97. The Morgan fingerprint density at radius 1 is 1.12 bits per heavy atom. The lowest BCUT2D eigenvalue weighted by molar-refractivity contribution is 0.627. The number of hydrogen-bond acceptors (Lipinski definition) is 0. The third kappa shape index (κ3) is 2.52. The zero-order chi connectivity index (χ0) is 11.4. The van der Waals surface area contributed by atoms with Crippen molar-refractivity contribution in [2.45, 2.75) is 45.4 Å². The van der Waals surface area contributed by atoms with Crippen molar-refractivity contribution in [2.75, 3.05) is 0 Å². The molecule has 0 amide bonds. The summed E-state index contributed by atoms with van der Waals surface area (Å²) in [6.45, 7) is 2.23. The van der Waals surface area contributed by atoms with E-state index in [2.05, 4.69) is 6.92 Å². The molecule has 1 aliphatic carbocycles. The molecule has 2 rings (SSSR count). The Morgan fingerprint density at radius 3 is 2.56 bits per heavy atom. The molecule has 0 heterocycles. The van der Waals surface area contributed by atoms with E-state index in [1.54, 1.807) is 17.7 Å². The van der Waals surface area contributed by atoms with Gasteiger partial charge in [-0.15, -0.1) is 0 Å². The van der Waals surface area contributed by atoms with Crippen LogP contribution in [0.5, 0.6) is 0 Å². The lowest BCUT2D eigenvalue weighted by Crippen LogP contribution is -1.86. The van der Waals surface area contributed by atoms with Gasteiger partial charge in [-0.05, 0) is 55.4 Å². The topological polar surface area (TPSA) is 0 Å². The lowest BCUT2D eigenvalue weighted by Gasteiger charge is -2.07. The highest BCUT2D eigenvalue weighted by atomic mass is 19.1. The van der Waals surface area contributed by atoms with Crippen LogP contribution in [-0.2, 0) is 0 Å². The lowest BCUT2D eigenvalue weighted by atomic mass is 9.99. The second-order valence-electron chi connectivity index (χ2n) is 4.55. The predicted molar refractivity (Wildman–Crippen MR) is 66.7 cm³/mol. The van der Waals surface area contributed by atoms with E-state index in [9.17, 15) is 4.39 Å². The Balaban J connectivity index is 2.20. The zero-order valence-corrected chi connectivity index (χ0v) is 9.93. The first-order valence-electron chi connectivity index (χ1n) is 6.28. The van der Waals surface area contributed by atoms with Crippen LogP contribution in [-0.4, -0.2) is 0 Å². The van der Waals surface area contributed by atoms with Gasteiger partial charge in [-0.1, -0.05) is 31.1 Å². The Labute approximate surface area is 97.2 Å². The molecule has 0 aromatic heterocycles. The second-order valence-corrected chi connectivity index (χ2v) is 4.55. The van der Waals surface area contributed by atoms with Crippen LogP contribution in [0.1, 0.15) is 51.0 Å². The maximum absolute atomic E-state index is 12.9. The van der Waals surface area contributed by atoms with Gasteiger partial charge < -0.3 is 0 Å². The van der Waals surface area contributed by atoms with Gasteiger partial charge in [0.05, 0.1) is 0 Å². The Hall–Kier alpha value is -1.11. The van der Waals surface area contributed by atoms with Crippen molar-refractivity contribution < 1.29 is 4.39 Å². The van der Waals surface area contributed by atoms with Crippen LogP contribution in [0, 0.1) is 5.82 Å². The first kappa shape index (κ1) is 11.4. The van der Waals surface area contributed by atoms with E-state index < -0.39 is 0 Å². The molecule has 0 bridgehead atoms. The van der Waals surface area contributed by atoms with Crippen LogP contribution in [0.4, 0.5) is 4.39 Å². The van der Waals surface area contributed by atoms with Gasteiger partial charge in [0.25, 0.3) is 0 Å². The van der Waals surface area contributed by atoms with E-state index in [0.717, 1.165) is 0 Å². The van der Waals surface area contributed by atoms with Crippen LogP contribution < -0.4 is 0 Å². The third-order valence-corrected chi connectivity index (χ3v) is 3.36. The molecule has 0 spiro atoms. The number of hydrogen-bond donors (Lipinski definition) is 0. The molecule has 86 valence electrons. The number of halogens is 1. The first-order valence-corrected chi connectivity index (χ1v) is 6.28. The largest absolute Gasteiger partial charge is 0.207 e. The van der Waals surface area contributed by atoms with Crippen molar-refractivity contribution in [2.24, 2.45) is 0 Å². The minimum atomic E-state index is -0.141. The van der Waals surface area contributed by atoms with E-state index in [0.29, 0.717) is 0 Å². The SMILES string of the molecule is CCCCC1=C(c2ccc(F)cc2)CCC1. The van der Waals surface area contributed by atoms with Gasteiger partial charge in [0.2, 0.25) is 0 Å². The molecule has 1 aromatic carbocycles.